The van der Waals surface area contributed by atoms with Gasteiger partial charge in [-0.05, 0) is 54.1 Å². The highest BCUT2D eigenvalue weighted by atomic mass is 35.5. The molecular formula is C29H27ClN2O5S2. The van der Waals surface area contributed by atoms with E-state index >= 15 is 0 Å². The first kappa shape index (κ1) is 28.4. The highest BCUT2D eigenvalue weighted by Gasteiger charge is 2.28. The molecule has 0 fully saturated rings. The predicted octanol–water partition coefficient (Wildman–Crippen LogP) is 6.48. The number of hydrogen-bond donors (Lipinski definition) is 1. The van der Waals surface area contributed by atoms with Crippen molar-refractivity contribution < 1.29 is 22.7 Å². The van der Waals surface area contributed by atoms with Crippen LogP contribution in [0.3, 0.4) is 0 Å². The minimum absolute atomic E-state index is 0.0616. The van der Waals surface area contributed by atoms with Gasteiger partial charge in [-0.25, -0.2) is 8.42 Å². The molecule has 0 aliphatic rings. The number of amides is 1. The zero-order chi connectivity index (χ0) is 27.8. The number of benzene rings is 4. The lowest BCUT2D eigenvalue weighted by Gasteiger charge is -2.25. The van der Waals surface area contributed by atoms with E-state index < -0.39 is 22.5 Å². The smallest absolute Gasteiger partial charge is 0.264 e. The van der Waals surface area contributed by atoms with E-state index in [1.165, 1.54) is 32.4 Å². The third-order valence-corrected chi connectivity index (χ3v) is 8.93. The zero-order valence-corrected chi connectivity index (χ0v) is 23.7. The van der Waals surface area contributed by atoms with Gasteiger partial charge in [0.25, 0.3) is 10.0 Å². The van der Waals surface area contributed by atoms with Gasteiger partial charge in [0.05, 0.1) is 30.5 Å². The lowest BCUT2D eigenvalue weighted by molar-refractivity contribution is -0.114. The third-order valence-electron chi connectivity index (χ3n) is 5.74. The van der Waals surface area contributed by atoms with Crippen LogP contribution in [0.4, 0.5) is 11.4 Å². The second-order valence-electron chi connectivity index (χ2n) is 8.32. The molecule has 202 valence electrons. The Kier molecular flexibility index (Phi) is 9.40. The number of nitrogens with one attached hydrogen (secondary N) is 1. The summed E-state index contributed by atoms with van der Waals surface area (Å²) in [6, 6.07) is 27.6. The fraction of sp³-hybridized carbons (Fsp3) is 0.138. The van der Waals surface area contributed by atoms with E-state index in [4.69, 9.17) is 21.1 Å². The first-order valence-electron chi connectivity index (χ1n) is 11.9. The van der Waals surface area contributed by atoms with E-state index in [-0.39, 0.29) is 10.6 Å². The summed E-state index contributed by atoms with van der Waals surface area (Å²) in [5.41, 5.74) is 1.93. The van der Waals surface area contributed by atoms with Gasteiger partial charge in [0.15, 0.2) is 11.5 Å². The molecule has 7 nitrogen and oxygen atoms in total. The first-order valence-corrected chi connectivity index (χ1v) is 14.7. The molecule has 0 saturated heterocycles. The number of ether oxygens (including phenoxy) is 2. The minimum atomic E-state index is -4.09. The number of halogens is 1. The van der Waals surface area contributed by atoms with E-state index in [1.54, 1.807) is 48.2 Å². The number of thioether (sulfide) groups is 1. The second-order valence-corrected chi connectivity index (χ2v) is 11.6. The molecule has 4 rings (SSSR count). The number of para-hydroxylation sites is 1. The van der Waals surface area contributed by atoms with E-state index in [9.17, 15) is 13.2 Å². The summed E-state index contributed by atoms with van der Waals surface area (Å²) in [6.45, 7) is -0.455. The van der Waals surface area contributed by atoms with Crippen LogP contribution >= 0.6 is 23.4 Å². The number of methoxy groups -OCH3 is 2. The Morgan fingerprint density at radius 3 is 2.23 bits per heavy atom. The Labute approximate surface area is 237 Å². The number of hydrogen-bond acceptors (Lipinski definition) is 6. The standard InChI is InChI=1S/C29H27ClN2O5S2/c1-36-26-17-16-23(18-27(26)37-2)32(39(34,35)24-8-4-3-5-9-24)19-29(33)31-25-10-6-7-11-28(25)38-20-21-12-14-22(30)15-13-21/h3-18H,19-20H2,1-2H3,(H,31,33). The number of nitrogens with zero attached hydrogens (tertiary/aromatic N) is 1. The van der Waals surface area contributed by atoms with Crippen molar-refractivity contribution in [2.75, 3.05) is 30.4 Å². The average molecular weight is 583 g/mol. The number of carbonyl (C=O) groups excluding carboxylic acids is 1. The zero-order valence-electron chi connectivity index (χ0n) is 21.3. The molecule has 0 saturated carbocycles. The topological polar surface area (TPSA) is 84.9 Å². The van der Waals surface area contributed by atoms with Gasteiger partial charge >= 0.3 is 0 Å². The average Bonchev–Trinajstić information content (AvgIpc) is 2.96. The normalized spacial score (nSPS) is 11.1. The number of anilines is 2. The van der Waals surface area contributed by atoms with Crippen molar-refractivity contribution in [3.05, 3.63) is 108 Å². The van der Waals surface area contributed by atoms with Crippen LogP contribution in [0, 0.1) is 0 Å². The van der Waals surface area contributed by atoms with Crippen molar-refractivity contribution in [2.24, 2.45) is 0 Å². The molecule has 0 aromatic heterocycles. The fourth-order valence-electron chi connectivity index (χ4n) is 3.77. The van der Waals surface area contributed by atoms with Gasteiger partial charge in [-0.2, -0.15) is 0 Å². The van der Waals surface area contributed by atoms with Crippen molar-refractivity contribution in [3.63, 3.8) is 0 Å². The molecule has 0 spiro atoms. The molecule has 0 radical (unpaired) electrons. The van der Waals surface area contributed by atoms with Crippen LogP contribution in [0.5, 0.6) is 11.5 Å². The Morgan fingerprint density at radius 2 is 1.54 bits per heavy atom. The van der Waals surface area contributed by atoms with Crippen LogP contribution in [0.25, 0.3) is 0 Å². The van der Waals surface area contributed by atoms with Crippen molar-refractivity contribution in [3.8, 4) is 11.5 Å². The highest BCUT2D eigenvalue weighted by Crippen LogP contribution is 2.34. The number of carbonyl (C=O) groups is 1. The fourth-order valence-corrected chi connectivity index (χ4v) is 6.30. The largest absolute Gasteiger partial charge is 0.493 e. The Balaban J connectivity index is 1.60. The van der Waals surface area contributed by atoms with Crippen molar-refractivity contribution >= 4 is 50.7 Å². The van der Waals surface area contributed by atoms with E-state index in [1.807, 2.05) is 42.5 Å². The van der Waals surface area contributed by atoms with Crippen LogP contribution in [0.2, 0.25) is 5.02 Å². The molecule has 1 N–H and O–H groups in total. The van der Waals surface area contributed by atoms with Crippen LogP contribution < -0.4 is 19.1 Å². The summed E-state index contributed by atoms with van der Waals surface area (Å²) in [7, 11) is -1.13. The second kappa shape index (κ2) is 12.9. The molecule has 1 amide bonds. The predicted molar refractivity (Wildman–Crippen MR) is 157 cm³/mol. The summed E-state index contributed by atoms with van der Waals surface area (Å²) < 4.78 is 39.1. The quantitative estimate of drug-likeness (QED) is 0.204. The summed E-state index contributed by atoms with van der Waals surface area (Å²) in [4.78, 5) is 14.2. The molecule has 0 aliphatic carbocycles. The maximum Gasteiger partial charge on any atom is 0.264 e. The maximum atomic E-state index is 13.7. The monoisotopic (exact) mass is 582 g/mol. The lowest BCUT2D eigenvalue weighted by atomic mass is 10.2. The van der Waals surface area contributed by atoms with Gasteiger partial charge in [0.1, 0.15) is 6.54 Å². The van der Waals surface area contributed by atoms with Crippen molar-refractivity contribution in [1.82, 2.24) is 0 Å². The third kappa shape index (κ3) is 7.06. The van der Waals surface area contributed by atoms with Gasteiger partial charge < -0.3 is 14.8 Å². The maximum absolute atomic E-state index is 13.7. The molecule has 0 unspecified atom stereocenters. The minimum Gasteiger partial charge on any atom is -0.493 e. The number of sulfonamides is 1. The SMILES string of the molecule is COc1ccc(N(CC(=O)Nc2ccccc2SCc2ccc(Cl)cc2)S(=O)(=O)c2ccccc2)cc1OC. The molecule has 0 aliphatic heterocycles. The van der Waals surface area contributed by atoms with E-state index in [0.29, 0.717) is 28.0 Å². The first-order chi connectivity index (χ1) is 18.8. The van der Waals surface area contributed by atoms with Gasteiger partial charge in [-0.15, -0.1) is 11.8 Å². The molecule has 0 heterocycles. The Bertz CT molecular complexity index is 1530. The van der Waals surface area contributed by atoms with Crippen molar-refractivity contribution in [1.29, 1.82) is 0 Å². The molecule has 4 aromatic rings. The van der Waals surface area contributed by atoms with E-state index in [2.05, 4.69) is 5.32 Å². The molecule has 0 atom stereocenters. The van der Waals surface area contributed by atoms with Gasteiger partial charge in [-0.1, -0.05) is 54.1 Å². The molecule has 0 bridgehead atoms. The van der Waals surface area contributed by atoms with Gasteiger partial charge in [0, 0.05) is 21.7 Å². The van der Waals surface area contributed by atoms with Gasteiger partial charge in [0.2, 0.25) is 5.91 Å². The van der Waals surface area contributed by atoms with Crippen molar-refractivity contribution in [2.45, 2.75) is 15.5 Å². The lowest BCUT2D eigenvalue weighted by Crippen LogP contribution is -2.38. The Morgan fingerprint density at radius 1 is 0.872 bits per heavy atom. The number of rotatable bonds is 11. The molecule has 4 aromatic carbocycles. The van der Waals surface area contributed by atoms with Crippen LogP contribution in [-0.2, 0) is 20.6 Å². The van der Waals surface area contributed by atoms with Gasteiger partial charge in [-0.3, -0.25) is 9.10 Å². The molecular weight excluding hydrogens is 556 g/mol. The van der Waals surface area contributed by atoms with Crippen LogP contribution in [-0.4, -0.2) is 35.1 Å². The summed E-state index contributed by atoms with van der Waals surface area (Å²) >= 11 is 7.54. The molecule has 10 heteroatoms. The Hall–Kier alpha value is -3.66. The van der Waals surface area contributed by atoms with Crippen LogP contribution in [0.1, 0.15) is 5.56 Å². The van der Waals surface area contributed by atoms with E-state index in [0.717, 1.165) is 14.8 Å². The molecule has 39 heavy (non-hydrogen) atoms. The summed E-state index contributed by atoms with van der Waals surface area (Å²) in [6.07, 6.45) is 0. The summed E-state index contributed by atoms with van der Waals surface area (Å²) in [5.74, 6) is 0.954. The van der Waals surface area contributed by atoms with Crippen LogP contribution in [0.15, 0.2) is 107 Å². The summed E-state index contributed by atoms with van der Waals surface area (Å²) in [5, 5.41) is 3.56. The highest BCUT2D eigenvalue weighted by molar-refractivity contribution is 7.98.